The Morgan fingerprint density at radius 2 is 1.52 bits per heavy atom. The molecule has 3 aromatic rings. The molecule has 0 aliphatic heterocycles. The van der Waals surface area contributed by atoms with E-state index in [2.05, 4.69) is 4.98 Å². The van der Waals surface area contributed by atoms with Crippen LogP contribution in [0.3, 0.4) is 0 Å². The highest BCUT2D eigenvalue weighted by Gasteiger charge is 2.09. The highest BCUT2D eigenvalue weighted by Crippen LogP contribution is 2.32. The van der Waals surface area contributed by atoms with E-state index in [1.54, 1.807) is 24.4 Å². The maximum Gasteiger partial charge on any atom is 0.172 e. The Hall–Kier alpha value is -3.14. The number of hydrogen-bond donors (Lipinski definition) is 0. The molecule has 0 bridgehead atoms. The molecule has 0 N–H and O–H groups in total. The number of pyridine rings is 1. The van der Waals surface area contributed by atoms with Crippen molar-refractivity contribution in [2.45, 2.75) is 6.61 Å². The Balaban J connectivity index is 1.79. The van der Waals surface area contributed by atoms with Crippen LogP contribution in [-0.4, -0.2) is 11.3 Å². The molecular weight excluding hydrogens is 290 g/mol. The monoisotopic (exact) mass is 305 g/mol. The molecule has 0 atom stereocenters. The third kappa shape index (κ3) is 3.74. The van der Waals surface area contributed by atoms with Gasteiger partial charge in [-0.2, -0.15) is 0 Å². The lowest BCUT2D eigenvalue weighted by Crippen LogP contribution is -1.98. The molecule has 1 heterocycles. The van der Waals surface area contributed by atoms with Crippen LogP contribution in [0.5, 0.6) is 17.2 Å². The average molecular weight is 305 g/mol. The molecule has 0 saturated heterocycles. The molecule has 2 aromatic carbocycles. The molecule has 0 unspecified atom stereocenters. The smallest absolute Gasteiger partial charge is 0.172 e. The van der Waals surface area contributed by atoms with Gasteiger partial charge in [0.05, 0.1) is 0 Å². The summed E-state index contributed by atoms with van der Waals surface area (Å²) in [5, 5.41) is 0. The van der Waals surface area contributed by atoms with E-state index in [4.69, 9.17) is 9.47 Å². The predicted molar refractivity (Wildman–Crippen MR) is 86.9 cm³/mol. The van der Waals surface area contributed by atoms with Crippen LogP contribution in [0.1, 0.15) is 16.1 Å². The first kappa shape index (κ1) is 14.8. The molecule has 114 valence electrons. The zero-order valence-corrected chi connectivity index (χ0v) is 12.4. The van der Waals surface area contributed by atoms with Gasteiger partial charge < -0.3 is 9.47 Å². The van der Waals surface area contributed by atoms with E-state index in [0.717, 1.165) is 5.56 Å². The lowest BCUT2D eigenvalue weighted by atomic mass is 10.2. The number of ether oxygens (including phenoxy) is 2. The molecule has 0 aliphatic rings. The SMILES string of the molecule is O=Cc1ncccc1Oc1ccccc1OCc1ccccc1. The molecule has 0 saturated carbocycles. The van der Waals surface area contributed by atoms with Crippen LogP contribution in [0.15, 0.2) is 72.9 Å². The minimum absolute atomic E-state index is 0.255. The van der Waals surface area contributed by atoms with Crippen molar-refractivity contribution in [1.29, 1.82) is 0 Å². The van der Waals surface area contributed by atoms with Gasteiger partial charge in [-0.15, -0.1) is 0 Å². The zero-order valence-electron chi connectivity index (χ0n) is 12.4. The van der Waals surface area contributed by atoms with Gasteiger partial charge >= 0.3 is 0 Å². The third-order valence-corrected chi connectivity index (χ3v) is 3.22. The predicted octanol–water partition coefficient (Wildman–Crippen LogP) is 4.27. The fourth-order valence-corrected chi connectivity index (χ4v) is 2.09. The Labute approximate surface area is 134 Å². The maximum atomic E-state index is 11.0. The zero-order chi connectivity index (χ0) is 15.9. The number of carbonyl (C=O) groups is 1. The summed E-state index contributed by atoms with van der Waals surface area (Å²) >= 11 is 0. The highest BCUT2D eigenvalue weighted by molar-refractivity contribution is 5.76. The molecular formula is C19H15NO3. The van der Waals surface area contributed by atoms with Crippen molar-refractivity contribution < 1.29 is 14.3 Å². The summed E-state index contributed by atoms with van der Waals surface area (Å²) in [6.45, 7) is 0.439. The summed E-state index contributed by atoms with van der Waals surface area (Å²) in [5.41, 5.74) is 1.32. The van der Waals surface area contributed by atoms with Gasteiger partial charge in [0.1, 0.15) is 12.3 Å². The minimum Gasteiger partial charge on any atom is -0.485 e. The molecule has 0 radical (unpaired) electrons. The highest BCUT2D eigenvalue weighted by atomic mass is 16.5. The van der Waals surface area contributed by atoms with E-state index in [9.17, 15) is 4.79 Å². The Kier molecular flexibility index (Phi) is 4.64. The Bertz CT molecular complexity index is 787. The number of nitrogens with zero attached hydrogens (tertiary/aromatic N) is 1. The van der Waals surface area contributed by atoms with Crippen molar-refractivity contribution in [3.63, 3.8) is 0 Å². The number of rotatable bonds is 6. The van der Waals surface area contributed by atoms with Crippen LogP contribution in [-0.2, 0) is 6.61 Å². The van der Waals surface area contributed by atoms with E-state index in [0.29, 0.717) is 30.1 Å². The number of benzene rings is 2. The first-order valence-electron chi connectivity index (χ1n) is 7.20. The fraction of sp³-hybridized carbons (Fsp3) is 0.0526. The summed E-state index contributed by atoms with van der Waals surface area (Å²) in [6, 6.07) is 20.6. The van der Waals surface area contributed by atoms with Crippen LogP contribution in [0, 0.1) is 0 Å². The summed E-state index contributed by atoms with van der Waals surface area (Å²) < 4.78 is 11.6. The van der Waals surface area contributed by atoms with Crippen molar-refractivity contribution in [2.24, 2.45) is 0 Å². The molecule has 1 aromatic heterocycles. The van der Waals surface area contributed by atoms with Crippen LogP contribution in [0.2, 0.25) is 0 Å². The van der Waals surface area contributed by atoms with Crippen molar-refractivity contribution in [1.82, 2.24) is 4.98 Å². The van der Waals surface area contributed by atoms with E-state index in [-0.39, 0.29) is 5.69 Å². The standard InChI is InChI=1S/C19H15NO3/c21-13-16-17(11-6-12-20-16)23-19-10-5-4-9-18(19)22-14-15-7-2-1-3-8-15/h1-13H,14H2. The van der Waals surface area contributed by atoms with Gasteiger partial charge in [0.2, 0.25) is 0 Å². The number of aldehydes is 1. The van der Waals surface area contributed by atoms with Crippen LogP contribution < -0.4 is 9.47 Å². The van der Waals surface area contributed by atoms with Crippen LogP contribution in [0.4, 0.5) is 0 Å². The molecule has 4 nitrogen and oxygen atoms in total. The fourth-order valence-electron chi connectivity index (χ4n) is 2.09. The summed E-state index contributed by atoms with van der Waals surface area (Å²) in [7, 11) is 0. The number of para-hydroxylation sites is 2. The van der Waals surface area contributed by atoms with Gasteiger partial charge in [0.15, 0.2) is 23.5 Å². The van der Waals surface area contributed by atoms with Gasteiger partial charge in [-0.3, -0.25) is 4.79 Å². The molecule has 3 rings (SSSR count). The second-order valence-corrected chi connectivity index (χ2v) is 4.83. The normalized spacial score (nSPS) is 10.1. The number of carbonyl (C=O) groups excluding carboxylic acids is 1. The lowest BCUT2D eigenvalue weighted by Gasteiger charge is -2.13. The van der Waals surface area contributed by atoms with Crippen molar-refractivity contribution in [2.75, 3.05) is 0 Å². The molecule has 0 amide bonds. The van der Waals surface area contributed by atoms with E-state index >= 15 is 0 Å². The first-order chi connectivity index (χ1) is 11.4. The largest absolute Gasteiger partial charge is 0.485 e. The van der Waals surface area contributed by atoms with Crippen LogP contribution >= 0.6 is 0 Å². The Morgan fingerprint density at radius 3 is 2.30 bits per heavy atom. The molecule has 0 spiro atoms. The van der Waals surface area contributed by atoms with Crippen molar-refractivity contribution >= 4 is 6.29 Å². The van der Waals surface area contributed by atoms with Gasteiger partial charge in [-0.25, -0.2) is 4.98 Å². The van der Waals surface area contributed by atoms with E-state index in [1.807, 2.05) is 48.5 Å². The second kappa shape index (κ2) is 7.22. The topological polar surface area (TPSA) is 48.4 Å². The van der Waals surface area contributed by atoms with Gasteiger partial charge in [-0.05, 0) is 29.8 Å². The van der Waals surface area contributed by atoms with E-state index < -0.39 is 0 Å². The summed E-state index contributed by atoms with van der Waals surface area (Å²) in [5.74, 6) is 1.55. The molecule has 23 heavy (non-hydrogen) atoms. The average Bonchev–Trinajstić information content (AvgIpc) is 2.62. The first-order valence-corrected chi connectivity index (χ1v) is 7.20. The second-order valence-electron chi connectivity index (χ2n) is 4.83. The lowest BCUT2D eigenvalue weighted by molar-refractivity contribution is 0.111. The Morgan fingerprint density at radius 1 is 0.826 bits per heavy atom. The van der Waals surface area contributed by atoms with E-state index in [1.165, 1.54) is 0 Å². The van der Waals surface area contributed by atoms with Crippen LogP contribution in [0.25, 0.3) is 0 Å². The number of hydrogen-bond acceptors (Lipinski definition) is 4. The molecule has 0 fully saturated rings. The number of aromatic nitrogens is 1. The van der Waals surface area contributed by atoms with Gasteiger partial charge in [0.25, 0.3) is 0 Å². The third-order valence-electron chi connectivity index (χ3n) is 3.22. The quantitative estimate of drug-likeness (QED) is 0.638. The minimum atomic E-state index is 0.255. The maximum absolute atomic E-state index is 11.0. The molecule has 4 heteroatoms. The molecule has 0 aliphatic carbocycles. The van der Waals surface area contributed by atoms with Crippen molar-refractivity contribution in [3.05, 3.63) is 84.2 Å². The van der Waals surface area contributed by atoms with Crippen molar-refractivity contribution in [3.8, 4) is 17.2 Å². The van der Waals surface area contributed by atoms with Gasteiger partial charge in [0, 0.05) is 6.20 Å². The summed E-state index contributed by atoms with van der Waals surface area (Å²) in [4.78, 5) is 15.0. The summed E-state index contributed by atoms with van der Waals surface area (Å²) in [6.07, 6.45) is 2.22. The van der Waals surface area contributed by atoms with Gasteiger partial charge in [-0.1, -0.05) is 42.5 Å².